The fourth-order valence-electron chi connectivity index (χ4n) is 2.63. The standard InChI is InChI=1S/C13H24N2OS.C2H6/c1-11-2-8-15(9-3-11)13(16)10-14-6-4-12(17)5-7-14;1-2/h11-12,17H,2-10H2,1H3;1-2H3. The fourth-order valence-corrected chi connectivity index (χ4v) is 2.86. The molecule has 112 valence electrons. The number of nitrogens with zero attached hydrogens (tertiary/aromatic N) is 2. The molecular weight excluding hydrogens is 256 g/mol. The lowest BCUT2D eigenvalue weighted by atomic mass is 9.99. The van der Waals surface area contributed by atoms with Crippen LogP contribution in [0.25, 0.3) is 0 Å². The number of thiol groups is 1. The first-order valence-electron chi connectivity index (χ1n) is 7.83. The molecule has 2 rings (SSSR count). The number of rotatable bonds is 2. The first-order valence-corrected chi connectivity index (χ1v) is 8.35. The maximum absolute atomic E-state index is 12.1. The first kappa shape index (κ1) is 16.8. The van der Waals surface area contributed by atoms with Crippen molar-refractivity contribution in [2.24, 2.45) is 5.92 Å². The van der Waals surface area contributed by atoms with Gasteiger partial charge in [0.25, 0.3) is 0 Å². The highest BCUT2D eigenvalue weighted by Gasteiger charge is 2.23. The topological polar surface area (TPSA) is 23.6 Å². The minimum Gasteiger partial charge on any atom is -0.342 e. The largest absolute Gasteiger partial charge is 0.342 e. The van der Waals surface area contributed by atoms with E-state index in [0.717, 1.165) is 44.9 Å². The van der Waals surface area contributed by atoms with Crippen molar-refractivity contribution in [2.45, 2.75) is 51.7 Å². The van der Waals surface area contributed by atoms with Gasteiger partial charge in [-0.15, -0.1) is 0 Å². The summed E-state index contributed by atoms with van der Waals surface area (Å²) >= 11 is 4.48. The van der Waals surface area contributed by atoms with Crippen molar-refractivity contribution in [3.05, 3.63) is 0 Å². The quantitative estimate of drug-likeness (QED) is 0.789. The van der Waals surface area contributed by atoms with E-state index in [-0.39, 0.29) is 0 Å². The molecule has 0 aromatic heterocycles. The predicted molar refractivity (Wildman–Crippen MR) is 84.8 cm³/mol. The molecule has 0 radical (unpaired) electrons. The van der Waals surface area contributed by atoms with Gasteiger partial charge >= 0.3 is 0 Å². The molecule has 2 saturated heterocycles. The number of hydrogen-bond acceptors (Lipinski definition) is 3. The Balaban J connectivity index is 0.000000861. The van der Waals surface area contributed by atoms with Crippen molar-refractivity contribution in [1.82, 2.24) is 9.80 Å². The summed E-state index contributed by atoms with van der Waals surface area (Å²) in [7, 11) is 0. The van der Waals surface area contributed by atoms with Gasteiger partial charge in [0.15, 0.2) is 0 Å². The van der Waals surface area contributed by atoms with Crippen LogP contribution in [0.2, 0.25) is 0 Å². The molecule has 2 fully saturated rings. The lowest BCUT2D eigenvalue weighted by Gasteiger charge is -2.34. The third-order valence-corrected chi connectivity index (χ3v) is 4.57. The molecule has 0 saturated carbocycles. The van der Waals surface area contributed by atoms with Gasteiger partial charge in [0, 0.05) is 18.3 Å². The van der Waals surface area contributed by atoms with E-state index in [1.807, 2.05) is 18.7 Å². The van der Waals surface area contributed by atoms with Gasteiger partial charge in [-0.1, -0.05) is 20.8 Å². The van der Waals surface area contributed by atoms with Gasteiger partial charge in [0.1, 0.15) is 0 Å². The van der Waals surface area contributed by atoms with Crippen molar-refractivity contribution in [3.8, 4) is 0 Å². The van der Waals surface area contributed by atoms with Crippen LogP contribution in [0.15, 0.2) is 0 Å². The lowest BCUT2D eigenvalue weighted by molar-refractivity contribution is -0.133. The number of hydrogen-bond donors (Lipinski definition) is 1. The van der Waals surface area contributed by atoms with Crippen molar-refractivity contribution >= 4 is 18.5 Å². The molecule has 2 aliphatic heterocycles. The van der Waals surface area contributed by atoms with Crippen molar-refractivity contribution in [1.29, 1.82) is 0 Å². The van der Waals surface area contributed by atoms with Crippen LogP contribution in [0.3, 0.4) is 0 Å². The minimum absolute atomic E-state index is 0.328. The van der Waals surface area contributed by atoms with Crippen LogP contribution in [0.5, 0.6) is 0 Å². The Labute approximate surface area is 124 Å². The van der Waals surface area contributed by atoms with E-state index in [4.69, 9.17) is 0 Å². The second kappa shape index (κ2) is 8.85. The molecular formula is C15H30N2OS. The molecule has 0 aromatic rings. The smallest absolute Gasteiger partial charge is 0.236 e. The third kappa shape index (κ3) is 5.74. The first-order chi connectivity index (χ1) is 9.15. The predicted octanol–water partition coefficient (Wildman–Crippen LogP) is 2.67. The Morgan fingerprint density at radius 2 is 1.58 bits per heavy atom. The number of amides is 1. The Hall–Kier alpha value is -0.220. The molecule has 0 atom stereocenters. The third-order valence-electron chi connectivity index (χ3n) is 4.05. The van der Waals surface area contributed by atoms with E-state index in [1.165, 1.54) is 12.8 Å². The lowest BCUT2D eigenvalue weighted by Crippen LogP contribution is -2.46. The summed E-state index contributed by atoms with van der Waals surface area (Å²) in [6, 6.07) is 0. The number of carbonyl (C=O) groups excluding carboxylic acids is 1. The number of likely N-dealkylation sites (tertiary alicyclic amines) is 2. The highest BCUT2D eigenvalue weighted by molar-refractivity contribution is 7.80. The molecule has 0 N–H and O–H groups in total. The Morgan fingerprint density at radius 1 is 1.05 bits per heavy atom. The van der Waals surface area contributed by atoms with Crippen molar-refractivity contribution < 1.29 is 4.79 Å². The van der Waals surface area contributed by atoms with Crippen molar-refractivity contribution in [2.75, 3.05) is 32.7 Å². The molecule has 3 nitrogen and oxygen atoms in total. The van der Waals surface area contributed by atoms with Crippen molar-refractivity contribution in [3.63, 3.8) is 0 Å². The molecule has 19 heavy (non-hydrogen) atoms. The van der Waals surface area contributed by atoms with E-state index >= 15 is 0 Å². The normalized spacial score (nSPS) is 22.8. The summed E-state index contributed by atoms with van der Waals surface area (Å²) in [4.78, 5) is 16.5. The summed E-state index contributed by atoms with van der Waals surface area (Å²) in [5, 5.41) is 0.539. The maximum Gasteiger partial charge on any atom is 0.236 e. The van der Waals surface area contributed by atoms with Gasteiger partial charge in [0.2, 0.25) is 5.91 Å². The summed E-state index contributed by atoms with van der Waals surface area (Å²) < 4.78 is 0. The van der Waals surface area contributed by atoms with Gasteiger partial charge in [-0.2, -0.15) is 12.6 Å². The van der Waals surface area contributed by atoms with E-state index in [1.54, 1.807) is 0 Å². The fraction of sp³-hybridized carbons (Fsp3) is 0.933. The van der Waals surface area contributed by atoms with E-state index in [0.29, 0.717) is 17.7 Å². The van der Waals surface area contributed by atoms with Gasteiger partial charge in [-0.3, -0.25) is 9.69 Å². The van der Waals surface area contributed by atoms with E-state index < -0.39 is 0 Å². The van der Waals surface area contributed by atoms with Crippen LogP contribution in [0.4, 0.5) is 0 Å². The molecule has 0 aliphatic carbocycles. The number of piperidine rings is 2. The molecule has 4 heteroatoms. The highest BCUT2D eigenvalue weighted by atomic mass is 32.1. The average molecular weight is 286 g/mol. The second-order valence-electron chi connectivity index (χ2n) is 5.57. The Bertz CT molecular complexity index is 257. The van der Waals surface area contributed by atoms with Crippen LogP contribution < -0.4 is 0 Å². The van der Waals surface area contributed by atoms with E-state index in [9.17, 15) is 4.79 Å². The SMILES string of the molecule is CC.CC1CCN(C(=O)CN2CCC(S)CC2)CC1. The number of carbonyl (C=O) groups is 1. The van der Waals surface area contributed by atoms with E-state index in [2.05, 4.69) is 24.5 Å². The second-order valence-corrected chi connectivity index (χ2v) is 6.30. The highest BCUT2D eigenvalue weighted by Crippen LogP contribution is 2.18. The average Bonchev–Trinajstić information content (AvgIpc) is 2.44. The van der Waals surface area contributed by atoms with Crippen LogP contribution in [-0.2, 0) is 4.79 Å². The van der Waals surface area contributed by atoms with Crippen LogP contribution in [0.1, 0.15) is 46.5 Å². The zero-order chi connectivity index (χ0) is 14.3. The van der Waals surface area contributed by atoms with Crippen LogP contribution in [-0.4, -0.2) is 53.7 Å². The van der Waals surface area contributed by atoms with Crippen LogP contribution >= 0.6 is 12.6 Å². The molecule has 0 unspecified atom stereocenters. The molecule has 0 spiro atoms. The molecule has 0 bridgehead atoms. The Morgan fingerprint density at radius 3 is 2.11 bits per heavy atom. The summed E-state index contributed by atoms with van der Waals surface area (Å²) in [6.07, 6.45) is 4.58. The van der Waals surface area contributed by atoms with Gasteiger partial charge in [-0.05, 0) is 44.7 Å². The molecule has 0 aromatic carbocycles. The molecule has 2 heterocycles. The zero-order valence-corrected chi connectivity index (χ0v) is 13.7. The monoisotopic (exact) mass is 286 g/mol. The zero-order valence-electron chi connectivity index (χ0n) is 12.8. The summed E-state index contributed by atoms with van der Waals surface area (Å²) in [5.74, 6) is 1.12. The molecule has 2 aliphatic rings. The maximum atomic E-state index is 12.1. The Kier molecular flexibility index (Phi) is 7.84. The van der Waals surface area contributed by atoms with Crippen LogP contribution in [0, 0.1) is 5.92 Å². The summed E-state index contributed by atoms with van der Waals surface area (Å²) in [5.41, 5.74) is 0. The minimum atomic E-state index is 0.328. The van der Waals surface area contributed by atoms with Gasteiger partial charge < -0.3 is 4.90 Å². The van der Waals surface area contributed by atoms with Gasteiger partial charge in [-0.25, -0.2) is 0 Å². The molecule has 1 amide bonds. The summed E-state index contributed by atoms with van der Waals surface area (Å²) in [6.45, 7) is 10.9. The van der Waals surface area contributed by atoms with Gasteiger partial charge in [0.05, 0.1) is 6.54 Å².